The molecule has 0 unspecified atom stereocenters. The Morgan fingerprint density at radius 1 is 0.611 bits per heavy atom. The minimum absolute atomic E-state index is 0.226. The Balaban J connectivity index is 2.13. The maximum Gasteiger partial charge on any atom is 0.332 e. The lowest BCUT2D eigenvalue weighted by Crippen LogP contribution is -2.11. The molecule has 2 aliphatic rings. The van der Waals surface area contributed by atoms with E-state index in [9.17, 15) is 19.2 Å². The lowest BCUT2D eigenvalue weighted by molar-refractivity contribution is -0.138. The van der Waals surface area contributed by atoms with Gasteiger partial charge in [0.15, 0.2) is 11.5 Å². The topological polar surface area (TPSA) is 105 Å². The molecule has 2 aliphatic heterocycles. The van der Waals surface area contributed by atoms with Crippen molar-refractivity contribution in [2.24, 2.45) is 0 Å². The number of ether oxygens (including phenoxy) is 4. The highest BCUT2D eigenvalue weighted by Crippen LogP contribution is 2.67. The predicted molar refractivity (Wildman–Crippen MR) is 140 cm³/mol. The van der Waals surface area contributed by atoms with Crippen molar-refractivity contribution in [2.75, 3.05) is 13.2 Å². The van der Waals surface area contributed by atoms with Crippen LogP contribution in [0, 0.1) is 0 Å². The van der Waals surface area contributed by atoms with Crippen LogP contribution >= 0.6 is 47.0 Å². The first-order valence-corrected chi connectivity index (χ1v) is 14.7. The second-order valence-corrected chi connectivity index (χ2v) is 12.0. The van der Waals surface area contributed by atoms with Crippen LogP contribution in [0.4, 0.5) is 0 Å². The first kappa shape index (κ1) is 28.5. The maximum atomic E-state index is 12.5. The van der Waals surface area contributed by atoms with Gasteiger partial charge in [0.05, 0.1) is 41.3 Å². The standard InChI is InChI=1S/C24H26O8S4/c1-5-9-13(25)31-19-21-23(35-17(33-21)11-15(27)29-7-3)20(32-14(26)10-6-2)24-22(19)34-18(36-24)12-16(28)30-8-4/h11-12H,5-10H2,1-4H3. The first-order valence-electron chi connectivity index (χ1n) is 11.4. The Hall–Kier alpha value is -2.02. The van der Waals surface area contributed by atoms with Gasteiger partial charge in [0.2, 0.25) is 0 Å². The van der Waals surface area contributed by atoms with Gasteiger partial charge < -0.3 is 18.9 Å². The van der Waals surface area contributed by atoms with Crippen LogP contribution in [0.1, 0.15) is 53.4 Å². The number of carbonyl (C=O) groups is 4. The van der Waals surface area contributed by atoms with E-state index >= 15 is 0 Å². The normalized spacial score (nSPS) is 13.6. The van der Waals surface area contributed by atoms with E-state index in [-0.39, 0.29) is 26.1 Å². The third-order valence-corrected chi connectivity index (χ3v) is 9.34. The number of carbonyl (C=O) groups excluding carboxylic acids is 4. The molecule has 12 heteroatoms. The van der Waals surface area contributed by atoms with E-state index in [1.807, 2.05) is 13.8 Å². The van der Waals surface area contributed by atoms with Gasteiger partial charge in [-0.2, -0.15) is 0 Å². The Morgan fingerprint density at radius 3 is 1.22 bits per heavy atom. The molecule has 0 aromatic heterocycles. The van der Waals surface area contributed by atoms with E-state index in [1.165, 1.54) is 59.2 Å². The fourth-order valence-corrected chi connectivity index (χ4v) is 8.11. The molecule has 0 amide bonds. The van der Waals surface area contributed by atoms with Gasteiger partial charge in [-0.1, -0.05) is 60.9 Å². The van der Waals surface area contributed by atoms with E-state index in [1.54, 1.807) is 13.8 Å². The quantitative estimate of drug-likeness (QED) is 0.179. The minimum Gasteiger partial charge on any atom is -0.463 e. The first-order chi connectivity index (χ1) is 17.3. The Bertz CT molecular complexity index is 998. The molecular formula is C24H26O8S4. The van der Waals surface area contributed by atoms with Crippen molar-refractivity contribution in [2.45, 2.75) is 73.0 Å². The summed E-state index contributed by atoms with van der Waals surface area (Å²) < 4.78 is 22.9. The monoisotopic (exact) mass is 570 g/mol. The molecule has 0 saturated heterocycles. The molecule has 1 aromatic carbocycles. The van der Waals surface area contributed by atoms with Crippen molar-refractivity contribution in [3.05, 3.63) is 20.6 Å². The van der Waals surface area contributed by atoms with Gasteiger partial charge in [-0.3, -0.25) is 9.59 Å². The largest absolute Gasteiger partial charge is 0.463 e. The smallest absolute Gasteiger partial charge is 0.332 e. The van der Waals surface area contributed by atoms with E-state index in [0.29, 0.717) is 52.4 Å². The van der Waals surface area contributed by atoms with Crippen LogP contribution in [-0.2, 0) is 28.7 Å². The molecular weight excluding hydrogens is 545 g/mol. The predicted octanol–water partition coefficient (Wildman–Crippen LogP) is 6.30. The Kier molecular flexibility index (Phi) is 10.7. The summed E-state index contributed by atoms with van der Waals surface area (Å²) in [4.78, 5) is 51.5. The molecule has 8 nitrogen and oxygen atoms in total. The third kappa shape index (κ3) is 7.05. The van der Waals surface area contributed by atoms with Crippen molar-refractivity contribution in [3.63, 3.8) is 0 Å². The number of thioether (sulfide) groups is 4. The number of esters is 4. The van der Waals surface area contributed by atoms with Gasteiger partial charge in [0, 0.05) is 25.0 Å². The SMILES string of the molecule is CCCC(=O)Oc1c2c(c(OC(=O)CCC)c3c1SC(=CC(=O)OCC)S3)SC(=CC(=O)OCC)S2. The molecule has 1 aromatic rings. The van der Waals surface area contributed by atoms with E-state index in [2.05, 4.69) is 0 Å². The van der Waals surface area contributed by atoms with Gasteiger partial charge >= 0.3 is 23.9 Å². The maximum absolute atomic E-state index is 12.5. The van der Waals surface area contributed by atoms with Crippen molar-refractivity contribution < 1.29 is 38.1 Å². The zero-order valence-corrected chi connectivity index (χ0v) is 23.6. The van der Waals surface area contributed by atoms with Crippen LogP contribution in [0.2, 0.25) is 0 Å². The number of fused-ring (bicyclic) bond motifs is 2. The van der Waals surface area contributed by atoms with Crippen molar-refractivity contribution in [1.29, 1.82) is 0 Å². The van der Waals surface area contributed by atoms with Crippen molar-refractivity contribution in [1.82, 2.24) is 0 Å². The summed E-state index contributed by atoms with van der Waals surface area (Å²) in [6, 6.07) is 0. The summed E-state index contributed by atoms with van der Waals surface area (Å²) in [6.45, 7) is 7.67. The number of benzene rings is 1. The molecule has 0 fully saturated rings. The summed E-state index contributed by atoms with van der Waals surface area (Å²) in [5.41, 5.74) is 0. The van der Waals surface area contributed by atoms with Crippen LogP contribution < -0.4 is 9.47 Å². The number of hydrogen-bond acceptors (Lipinski definition) is 12. The highest BCUT2D eigenvalue weighted by Gasteiger charge is 2.38. The van der Waals surface area contributed by atoms with Gasteiger partial charge in [0.25, 0.3) is 0 Å². The van der Waals surface area contributed by atoms with Crippen LogP contribution in [-0.4, -0.2) is 37.1 Å². The number of hydrogen-bond donors (Lipinski definition) is 0. The molecule has 2 heterocycles. The molecule has 36 heavy (non-hydrogen) atoms. The fourth-order valence-electron chi connectivity index (χ4n) is 3.04. The molecule has 0 radical (unpaired) electrons. The lowest BCUT2D eigenvalue weighted by atomic mass is 10.3. The third-order valence-electron chi connectivity index (χ3n) is 4.43. The molecule has 0 spiro atoms. The molecule has 0 aliphatic carbocycles. The summed E-state index contributed by atoms with van der Waals surface area (Å²) >= 11 is 4.97. The zero-order valence-electron chi connectivity index (χ0n) is 20.3. The van der Waals surface area contributed by atoms with E-state index in [0.717, 1.165) is 0 Å². The highest BCUT2D eigenvalue weighted by molar-refractivity contribution is 8.25. The molecule has 0 bridgehead atoms. The van der Waals surface area contributed by atoms with Crippen molar-refractivity contribution >= 4 is 70.9 Å². The van der Waals surface area contributed by atoms with Gasteiger partial charge in [-0.25, -0.2) is 9.59 Å². The molecule has 0 atom stereocenters. The number of rotatable bonds is 10. The highest BCUT2D eigenvalue weighted by atomic mass is 32.2. The Morgan fingerprint density at radius 2 is 0.944 bits per heavy atom. The summed E-state index contributed by atoms with van der Waals surface area (Å²) in [5.74, 6) is -1.15. The lowest BCUT2D eigenvalue weighted by Gasteiger charge is -2.16. The zero-order chi connectivity index (χ0) is 26.2. The second kappa shape index (κ2) is 13.5. The summed E-state index contributed by atoms with van der Waals surface area (Å²) in [7, 11) is 0. The Labute approximate surface area is 226 Å². The molecule has 194 valence electrons. The van der Waals surface area contributed by atoms with Crippen LogP contribution in [0.25, 0.3) is 0 Å². The van der Waals surface area contributed by atoms with E-state index < -0.39 is 23.9 Å². The van der Waals surface area contributed by atoms with Crippen LogP contribution in [0.15, 0.2) is 40.2 Å². The molecule has 0 N–H and O–H groups in total. The van der Waals surface area contributed by atoms with Gasteiger partial charge in [0.1, 0.15) is 0 Å². The van der Waals surface area contributed by atoms with E-state index in [4.69, 9.17) is 18.9 Å². The van der Waals surface area contributed by atoms with Gasteiger partial charge in [-0.15, -0.1) is 0 Å². The summed E-state index contributed by atoms with van der Waals surface area (Å²) in [6.07, 6.45) is 4.41. The van der Waals surface area contributed by atoms with Crippen LogP contribution in [0.5, 0.6) is 11.5 Å². The molecule has 0 saturated carbocycles. The second-order valence-electron chi connectivity index (χ2n) is 7.26. The van der Waals surface area contributed by atoms with Crippen LogP contribution in [0.3, 0.4) is 0 Å². The average Bonchev–Trinajstić information content (AvgIpc) is 3.41. The van der Waals surface area contributed by atoms with Gasteiger partial charge in [-0.05, 0) is 26.7 Å². The minimum atomic E-state index is -0.495. The fraction of sp³-hybridized carbons (Fsp3) is 0.417. The average molecular weight is 571 g/mol. The van der Waals surface area contributed by atoms with Crippen molar-refractivity contribution in [3.8, 4) is 11.5 Å². The molecule has 3 rings (SSSR count). The summed E-state index contributed by atoms with van der Waals surface area (Å²) in [5, 5.41) is 0.